The molecule has 114 valence electrons. The van der Waals surface area contributed by atoms with Gasteiger partial charge in [0.15, 0.2) is 0 Å². The molecule has 0 saturated heterocycles. The molecule has 0 aromatic heterocycles. The van der Waals surface area contributed by atoms with Crippen LogP contribution < -0.4 is 10.5 Å². The molecule has 2 aromatic carbocycles. The third kappa shape index (κ3) is 3.36. The Labute approximate surface area is 129 Å². The maximum Gasteiger partial charge on any atom is 0.136 e. The van der Waals surface area contributed by atoms with E-state index in [1.54, 1.807) is 12.1 Å². The molecular formula is C15H15N3O3S. The molecule has 6 nitrogen and oxygen atoms in total. The Kier molecular flexibility index (Phi) is 4.65. The van der Waals surface area contributed by atoms with E-state index in [-0.39, 0.29) is 16.3 Å². The van der Waals surface area contributed by atoms with Crippen LogP contribution in [0.1, 0.15) is 11.1 Å². The first kappa shape index (κ1) is 15.8. The quantitative estimate of drug-likeness (QED) is 0.905. The zero-order chi connectivity index (χ0) is 16.2. The zero-order valence-electron chi connectivity index (χ0n) is 12.0. The van der Waals surface area contributed by atoms with Crippen LogP contribution in [0.3, 0.4) is 0 Å². The molecule has 0 aliphatic carbocycles. The van der Waals surface area contributed by atoms with Crippen LogP contribution in [0.4, 0.5) is 5.69 Å². The molecule has 0 amide bonds. The number of sulfonamides is 1. The summed E-state index contributed by atoms with van der Waals surface area (Å²) in [6.07, 6.45) is 0. The summed E-state index contributed by atoms with van der Waals surface area (Å²) in [4.78, 5) is 0.000472. The summed E-state index contributed by atoms with van der Waals surface area (Å²) in [5, 5.41) is 8.74. The summed E-state index contributed by atoms with van der Waals surface area (Å²) in [7, 11) is -2.52. The van der Waals surface area contributed by atoms with E-state index in [1.165, 1.54) is 37.4 Å². The van der Waals surface area contributed by atoms with Crippen LogP contribution in [-0.2, 0) is 16.6 Å². The lowest BCUT2D eigenvalue weighted by Crippen LogP contribution is -2.47. The number of hydrogen-bond donors (Lipinski definition) is 1. The minimum absolute atomic E-state index is 0.000472. The molecule has 7 heteroatoms. The molecule has 0 aliphatic heterocycles. The van der Waals surface area contributed by atoms with Crippen molar-refractivity contribution in [3.63, 3.8) is 0 Å². The van der Waals surface area contributed by atoms with Gasteiger partial charge in [-0.05, 0) is 30.3 Å². The van der Waals surface area contributed by atoms with Gasteiger partial charge in [0, 0.05) is 5.56 Å². The van der Waals surface area contributed by atoms with E-state index in [9.17, 15) is 8.42 Å². The summed E-state index contributed by atoms with van der Waals surface area (Å²) >= 11 is 0. The summed E-state index contributed by atoms with van der Waals surface area (Å²) in [5.41, 5.74) is 5.20. The molecule has 2 rings (SSSR count). The SMILES string of the molecule is COc1ccc(C[NH3+])cc1S(=O)(=O)[N-]c1ccc(C#N)cc1. The van der Waals surface area contributed by atoms with Crippen molar-refractivity contribution in [2.45, 2.75) is 11.4 Å². The Morgan fingerprint density at radius 1 is 1.23 bits per heavy atom. The molecule has 0 heterocycles. The van der Waals surface area contributed by atoms with E-state index in [4.69, 9.17) is 10.00 Å². The van der Waals surface area contributed by atoms with Gasteiger partial charge in [-0.3, -0.25) is 0 Å². The molecular weight excluding hydrogens is 302 g/mol. The fraction of sp³-hybridized carbons (Fsp3) is 0.133. The molecule has 3 N–H and O–H groups in total. The number of hydrogen-bond acceptors (Lipinski definition) is 4. The highest BCUT2D eigenvalue weighted by molar-refractivity contribution is 7.94. The lowest BCUT2D eigenvalue weighted by Gasteiger charge is -2.23. The van der Waals surface area contributed by atoms with Crippen molar-refractivity contribution in [3.05, 3.63) is 58.3 Å². The van der Waals surface area contributed by atoms with Gasteiger partial charge in [0.25, 0.3) is 0 Å². The maximum atomic E-state index is 12.5. The van der Waals surface area contributed by atoms with Crippen LogP contribution in [0.25, 0.3) is 4.72 Å². The minimum Gasteiger partial charge on any atom is -0.573 e. The van der Waals surface area contributed by atoms with Crippen molar-refractivity contribution >= 4 is 15.7 Å². The fourth-order valence-corrected chi connectivity index (χ4v) is 3.07. The Balaban J connectivity index is 2.39. The third-order valence-corrected chi connectivity index (χ3v) is 4.34. The minimum atomic E-state index is -3.92. The van der Waals surface area contributed by atoms with Crippen molar-refractivity contribution in [1.29, 1.82) is 5.26 Å². The molecule has 0 aliphatic rings. The standard InChI is InChI=1S/C15H14N3O3S/c1-21-14-7-4-12(10-17)8-15(14)22(19,20)18-13-5-2-11(9-16)3-6-13/h2-8H,10,17H2,1H3/q-1/p+1. The van der Waals surface area contributed by atoms with E-state index in [0.717, 1.165) is 5.56 Å². The van der Waals surface area contributed by atoms with Crippen LogP contribution >= 0.6 is 0 Å². The normalized spacial score (nSPS) is 10.8. The number of nitrogens with zero attached hydrogens (tertiary/aromatic N) is 2. The highest BCUT2D eigenvalue weighted by Gasteiger charge is 2.13. The largest absolute Gasteiger partial charge is 0.573 e. The topological polar surface area (TPSA) is 109 Å². The Bertz CT molecular complexity index is 809. The van der Waals surface area contributed by atoms with E-state index >= 15 is 0 Å². The first-order chi connectivity index (χ1) is 10.5. The maximum absolute atomic E-state index is 12.5. The number of benzene rings is 2. The Morgan fingerprint density at radius 2 is 1.91 bits per heavy atom. The van der Waals surface area contributed by atoms with Gasteiger partial charge in [-0.1, -0.05) is 12.1 Å². The van der Waals surface area contributed by atoms with Crippen LogP contribution in [-0.4, -0.2) is 15.5 Å². The number of nitriles is 1. The predicted octanol–water partition coefficient (Wildman–Crippen LogP) is 1.70. The van der Waals surface area contributed by atoms with Gasteiger partial charge < -0.3 is 15.2 Å². The molecule has 2 aromatic rings. The van der Waals surface area contributed by atoms with Crippen molar-refractivity contribution in [1.82, 2.24) is 0 Å². The van der Waals surface area contributed by atoms with Gasteiger partial charge in [-0.25, -0.2) is 8.42 Å². The van der Waals surface area contributed by atoms with Crippen molar-refractivity contribution in [2.75, 3.05) is 7.11 Å². The first-order valence-corrected chi connectivity index (χ1v) is 7.88. The van der Waals surface area contributed by atoms with Crippen LogP contribution in [0.5, 0.6) is 5.75 Å². The highest BCUT2D eigenvalue weighted by atomic mass is 32.2. The second-order valence-electron chi connectivity index (χ2n) is 4.46. The molecule has 0 radical (unpaired) electrons. The van der Waals surface area contributed by atoms with Gasteiger partial charge >= 0.3 is 0 Å². The first-order valence-electron chi connectivity index (χ1n) is 6.44. The van der Waals surface area contributed by atoms with E-state index in [1.807, 2.05) is 6.07 Å². The predicted molar refractivity (Wildman–Crippen MR) is 80.9 cm³/mol. The smallest absolute Gasteiger partial charge is 0.136 e. The average Bonchev–Trinajstić information content (AvgIpc) is 2.54. The summed E-state index contributed by atoms with van der Waals surface area (Å²) in [5.74, 6) is 0.231. The van der Waals surface area contributed by atoms with Crippen molar-refractivity contribution in [3.8, 4) is 11.8 Å². The summed E-state index contributed by atoms with van der Waals surface area (Å²) in [6.45, 7) is 0.462. The molecule has 0 saturated carbocycles. The average molecular weight is 317 g/mol. The molecule has 0 spiro atoms. The van der Waals surface area contributed by atoms with Crippen LogP contribution in [0.2, 0.25) is 0 Å². The second kappa shape index (κ2) is 6.47. The molecule has 0 atom stereocenters. The van der Waals surface area contributed by atoms with Gasteiger partial charge in [0.05, 0.1) is 30.2 Å². The molecule has 0 bridgehead atoms. The number of methoxy groups -OCH3 is 1. The van der Waals surface area contributed by atoms with E-state index in [0.29, 0.717) is 12.1 Å². The third-order valence-electron chi connectivity index (χ3n) is 3.02. The van der Waals surface area contributed by atoms with Crippen LogP contribution in [0, 0.1) is 11.3 Å². The van der Waals surface area contributed by atoms with E-state index in [2.05, 4.69) is 10.5 Å². The highest BCUT2D eigenvalue weighted by Crippen LogP contribution is 2.33. The Morgan fingerprint density at radius 3 is 2.45 bits per heavy atom. The lowest BCUT2D eigenvalue weighted by atomic mass is 10.2. The summed E-state index contributed by atoms with van der Waals surface area (Å²) < 4.78 is 33.8. The number of ether oxygens (including phenoxy) is 1. The fourth-order valence-electron chi connectivity index (χ4n) is 1.86. The lowest BCUT2D eigenvalue weighted by molar-refractivity contribution is -0.386. The molecule has 22 heavy (non-hydrogen) atoms. The Hall–Kier alpha value is -2.56. The van der Waals surface area contributed by atoms with E-state index < -0.39 is 10.0 Å². The van der Waals surface area contributed by atoms with Crippen LogP contribution in [0.15, 0.2) is 47.4 Å². The van der Waals surface area contributed by atoms with Gasteiger partial charge in [-0.2, -0.15) is 5.26 Å². The van der Waals surface area contributed by atoms with Gasteiger partial charge in [0.1, 0.15) is 15.8 Å². The summed E-state index contributed by atoms with van der Waals surface area (Å²) in [6, 6.07) is 12.8. The second-order valence-corrected chi connectivity index (χ2v) is 6.03. The van der Waals surface area contributed by atoms with Crippen molar-refractivity contribution in [2.24, 2.45) is 0 Å². The zero-order valence-corrected chi connectivity index (χ0v) is 12.8. The molecule has 0 fully saturated rings. The number of quaternary nitrogens is 1. The monoisotopic (exact) mass is 317 g/mol. The van der Waals surface area contributed by atoms with Gasteiger partial charge in [-0.15, -0.1) is 5.69 Å². The molecule has 0 unspecified atom stereocenters. The van der Waals surface area contributed by atoms with Crippen molar-refractivity contribution < 1.29 is 18.9 Å². The van der Waals surface area contributed by atoms with Gasteiger partial charge in [0.2, 0.25) is 0 Å². The number of rotatable bonds is 5.